The fourth-order valence-corrected chi connectivity index (χ4v) is 3.88. The van der Waals surface area contributed by atoms with Gasteiger partial charge in [0.1, 0.15) is 11.3 Å². The third kappa shape index (κ3) is 2.11. The Morgan fingerprint density at radius 2 is 1.92 bits per heavy atom. The second-order valence-electron chi connectivity index (χ2n) is 6.33. The number of aromatic hydroxyl groups is 1. The number of nitrogens with zero attached hydrogens (tertiary/aromatic N) is 1. The molecule has 2 amide bonds. The topological polar surface area (TPSA) is 95.9 Å². The van der Waals surface area contributed by atoms with E-state index in [1.165, 1.54) is 24.1 Å². The van der Waals surface area contributed by atoms with Crippen LogP contribution < -0.4 is 5.32 Å². The number of amides is 2. The molecule has 2 aliphatic heterocycles. The minimum Gasteiger partial charge on any atom is -0.508 e. The highest BCUT2D eigenvalue weighted by molar-refractivity contribution is 6.09. The van der Waals surface area contributed by atoms with Crippen molar-refractivity contribution in [3.63, 3.8) is 0 Å². The fourth-order valence-electron chi connectivity index (χ4n) is 3.88. The quantitative estimate of drug-likeness (QED) is 0.621. The summed E-state index contributed by atoms with van der Waals surface area (Å²) in [5, 5.41) is 12.6. The number of rotatable bonds is 3. The van der Waals surface area contributed by atoms with Gasteiger partial charge in [-0.1, -0.05) is 12.1 Å². The average molecular weight is 332 g/mol. The monoisotopic (exact) mass is 332 g/mol. The Labute approximate surface area is 139 Å². The van der Waals surface area contributed by atoms with Gasteiger partial charge in [-0.15, -0.1) is 0 Å². The fraction of sp³-hybridized carbons (Fsp3) is 0.471. The first-order valence-electron chi connectivity index (χ1n) is 7.85. The summed E-state index contributed by atoms with van der Waals surface area (Å²) < 4.78 is 4.88. The maximum atomic E-state index is 12.7. The summed E-state index contributed by atoms with van der Waals surface area (Å²) in [6, 6.07) is 5.88. The number of benzene rings is 1. The van der Waals surface area contributed by atoms with Gasteiger partial charge >= 0.3 is 5.97 Å². The summed E-state index contributed by atoms with van der Waals surface area (Å²) in [7, 11) is 1.26. The van der Waals surface area contributed by atoms with Crippen molar-refractivity contribution >= 4 is 17.8 Å². The number of phenolic OH excluding ortho intramolecular Hbond substituents is 1. The lowest BCUT2D eigenvalue weighted by molar-refractivity contribution is -0.153. The first-order valence-corrected chi connectivity index (χ1v) is 7.85. The number of carbonyl (C=O) groups excluding carboxylic acids is 3. The molecule has 4 atom stereocenters. The molecule has 2 N–H and O–H groups in total. The smallest absolute Gasteiger partial charge is 0.326 e. The molecule has 0 unspecified atom stereocenters. The van der Waals surface area contributed by atoms with Crippen molar-refractivity contribution in [2.45, 2.75) is 25.4 Å². The molecule has 0 bridgehead atoms. The minimum absolute atomic E-state index is 0.105. The highest BCUT2D eigenvalue weighted by Crippen LogP contribution is 2.48. The molecule has 0 radical (unpaired) electrons. The lowest BCUT2D eigenvalue weighted by atomic mass is 9.80. The lowest BCUT2D eigenvalue weighted by Gasteiger charge is -2.28. The predicted molar refractivity (Wildman–Crippen MR) is 83.8 cm³/mol. The predicted octanol–water partition coefficient (Wildman–Crippen LogP) is 0.589. The number of hydrogen-bond acceptors (Lipinski definition) is 6. The van der Waals surface area contributed by atoms with E-state index in [2.05, 4.69) is 5.32 Å². The summed E-state index contributed by atoms with van der Waals surface area (Å²) in [5.41, 5.74) is -0.548. The molecule has 1 aromatic rings. The highest BCUT2D eigenvalue weighted by atomic mass is 16.5. The number of nitrogens with one attached hydrogen (secondary N) is 1. The van der Waals surface area contributed by atoms with Crippen LogP contribution in [0.5, 0.6) is 5.75 Å². The Balaban J connectivity index is 2.09. The Morgan fingerprint density at radius 1 is 1.29 bits per heavy atom. The van der Waals surface area contributed by atoms with E-state index in [4.69, 9.17) is 4.74 Å². The number of ether oxygens (including phenoxy) is 1. The van der Waals surface area contributed by atoms with Gasteiger partial charge in [-0.05, 0) is 31.5 Å². The average Bonchev–Trinajstić information content (AvgIpc) is 3.02. The van der Waals surface area contributed by atoms with E-state index in [1.807, 2.05) is 0 Å². The molecule has 0 saturated carbocycles. The molecule has 3 rings (SSSR count). The molecule has 7 heteroatoms. The zero-order chi connectivity index (χ0) is 17.6. The van der Waals surface area contributed by atoms with Crippen LogP contribution in [0.15, 0.2) is 24.3 Å². The van der Waals surface area contributed by atoms with Crippen LogP contribution in [0.3, 0.4) is 0 Å². The third-order valence-electron chi connectivity index (χ3n) is 5.06. The first-order chi connectivity index (χ1) is 11.3. The van der Waals surface area contributed by atoms with Crippen LogP contribution in [0, 0.1) is 11.8 Å². The van der Waals surface area contributed by atoms with E-state index >= 15 is 0 Å². The van der Waals surface area contributed by atoms with E-state index < -0.39 is 29.4 Å². The Hall–Kier alpha value is -2.41. The number of likely N-dealkylation sites (tertiary alicyclic amines) is 1. The standard InChI is InChI=1S/C17H20N2O5/c1-4-19-14(21)11-12(15(19)22)17(2,16(23)24-3)18-13(11)9-5-7-10(20)8-6-9/h5-8,11-13,18,20H,4H2,1-3H3/t11-,12-,13-,17+/m0/s1. The van der Waals surface area contributed by atoms with Crippen LogP contribution in [0.1, 0.15) is 25.5 Å². The maximum Gasteiger partial charge on any atom is 0.326 e. The van der Waals surface area contributed by atoms with Crippen molar-refractivity contribution in [3.05, 3.63) is 29.8 Å². The van der Waals surface area contributed by atoms with E-state index in [1.54, 1.807) is 26.0 Å². The number of hydrogen-bond donors (Lipinski definition) is 2. The van der Waals surface area contributed by atoms with Crippen molar-refractivity contribution in [2.75, 3.05) is 13.7 Å². The zero-order valence-electron chi connectivity index (χ0n) is 13.8. The van der Waals surface area contributed by atoms with Crippen molar-refractivity contribution in [2.24, 2.45) is 11.8 Å². The third-order valence-corrected chi connectivity index (χ3v) is 5.06. The molecule has 0 aliphatic carbocycles. The number of phenols is 1. The Kier molecular flexibility index (Phi) is 3.83. The lowest BCUT2D eigenvalue weighted by Crippen LogP contribution is -2.53. The van der Waals surface area contributed by atoms with E-state index in [9.17, 15) is 19.5 Å². The highest BCUT2D eigenvalue weighted by Gasteiger charge is 2.66. The van der Waals surface area contributed by atoms with Gasteiger partial charge in [0.15, 0.2) is 0 Å². The first kappa shape index (κ1) is 16.4. The van der Waals surface area contributed by atoms with Gasteiger partial charge in [-0.3, -0.25) is 24.6 Å². The number of fused-ring (bicyclic) bond motifs is 1. The molecule has 2 aliphatic rings. The normalized spacial score (nSPS) is 32.1. The molecule has 1 aromatic carbocycles. The molecule has 128 valence electrons. The van der Waals surface area contributed by atoms with E-state index in [0.29, 0.717) is 0 Å². The van der Waals surface area contributed by atoms with Crippen LogP contribution in [-0.4, -0.2) is 47.0 Å². The van der Waals surface area contributed by atoms with Crippen molar-refractivity contribution in [1.82, 2.24) is 10.2 Å². The van der Waals surface area contributed by atoms with E-state index in [-0.39, 0.29) is 24.1 Å². The summed E-state index contributed by atoms with van der Waals surface area (Å²) in [6.45, 7) is 3.60. The largest absolute Gasteiger partial charge is 0.508 e. The van der Waals surface area contributed by atoms with Crippen LogP contribution in [0.4, 0.5) is 0 Å². The van der Waals surface area contributed by atoms with Crippen LogP contribution in [0.25, 0.3) is 0 Å². The Bertz CT molecular complexity index is 701. The molecule has 7 nitrogen and oxygen atoms in total. The van der Waals surface area contributed by atoms with Crippen molar-refractivity contribution in [3.8, 4) is 5.75 Å². The van der Waals surface area contributed by atoms with E-state index in [0.717, 1.165) is 5.56 Å². The van der Waals surface area contributed by atoms with Crippen molar-refractivity contribution < 1.29 is 24.2 Å². The van der Waals surface area contributed by atoms with Gasteiger partial charge in [0, 0.05) is 12.6 Å². The molecule has 24 heavy (non-hydrogen) atoms. The summed E-state index contributed by atoms with van der Waals surface area (Å²) in [5.74, 6) is -2.59. The number of methoxy groups -OCH3 is 1. The molecule has 0 spiro atoms. The van der Waals surface area contributed by atoms with Gasteiger partial charge in [0.25, 0.3) is 0 Å². The molecular formula is C17H20N2O5. The van der Waals surface area contributed by atoms with Crippen LogP contribution in [0.2, 0.25) is 0 Å². The van der Waals surface area contributed by atoms with Gasteiger partial charge in [0.2, 0.25) is 11.8 Å². The zero-order valence-corrected chi connectivity index (χ0v) is 13.8. The maximum absolute atomic E-state index is 12.7. The van der Waals surface area contributed by atoms with Crippen LogP contribution >= 0.6 is 0 Å². The number of esters is 1. The van der Waals surface area contributed by atoms with Gasteiger partial charge < -0.3 is 9.84 Å². The van der Waals surface area contributed by atoms with Gasteiger partial charge in [-0.25, -0.2) is 0 Å². The second-order valence-corrected chi connectivity index (χ2v) is 6.33. The summed E-state index contributed by atoms with van der Waals surface area (Å²) in [6.07, 6.45) is 0. The number of imide groups is 1. The van der Waals surface area contributed by atoms with Crippen LogP contribution in [-0.2, 0) is 19.1 Å². The minimum atomic E-state index is -1.28. The molecule has 0 aromatic heterocycles. The van der Waals surface area contributed by atoms with Gasteiger partial charge in [0.05, 0.1) is 18.9 Å². The second kappa shape index (κ2) is 5.59. The molecule has 2 fully saturated rings. The SMILES string of the molecule is CCN1C(=O)[C@H]2[C@@H](C1=O)[C@](C)(C(=O)OC)N[C@H]2c1ccc(O)cc1. The Morgan fingerprint density at radius 3 is 2.46 bits per heavy atom. The van der Waals surface area contributed by atoms with Crippen molar-refractivity contribution in [1.29, 1.82) is 0 Å². The molecule has 2 heterocycles. The number of carbonyl (C=O) groups is 3. The van der Waals surface area contributed by atoms with Gasteiger partial charge in [-0.2, -0.15) is 0 Å². The summed E-state index contributed by atoms with van der Waals surface area (Å²) in [4.78, 5) is 39.0. The summed E-state index contributed by atoms with van der Waals surface area (Å²) >= 11 is 0. The molecular weight excluding hydrogens is 312 g/mol. The molecule has 2 saturated heterocycles.